The summed E-state index contributed by atoms with van der Waals surface area (Å²) in [6.45, 7) is 0. The minimum atomic E-state index is -3.77. The maximum absolute atomic E-state index is 12.9. The van der Waals surface area contributed by atoms with Gasteiger partial charge in [0.15, 0.2) is 0 Å². The van der Waals surface area contributed by atoms with E-state index in [1.807, 2.05) is 30.3 Å². The van der Waals surface area contributed by atoms with Crippen LogP contribution in [-0.2, 0) is 14.9 Å². The zero-order valence-corrected chi connectivity index (χ0v) is 12.6. The Kier molecular flexibility index (Phi) is 4.09. The number of hydroxylamine groups is 1. The van der Waals surface area contributed by atoms with Crippen molar-refractivity contribution < 1.29 is 13.3 Å². The van der Waals surface area contributed by atoms with Crippen LogP contribution in [0.1, 0.15) is 11.6 Å². The van der Waals surface area contributed by atoms with E-state index >= 15 is 0 Å². The highest BCUT2D eigenvalue weighted by Gasteiger charge is 2.33. The summed E-state index contributed by atoms with van der Waals surface area (Å²) in [6, 6.07) is 17.1. The predicted molar refractivity (Wildman–Crippen MR) is 84.0 cm³/mol. The third-order valence-corrected chi connectivity index (χ3v) is 4.95. The van der Waals surface area contributed by atoms with Gasteiger partial charge in [0, 0.05) is 0 Å². The zero-order chi connectivity index (χ0) is 15.4. The van der Waals surface area contributed by atoms with Crippen molar-refractivity contribution in [2.24, 2.45) is 0 Å². The van der Waals surface area contributed by atoms with E-state index in [0.29, 0.717) is 0 Å². The van der Waals surface area contributed by atoms with Crippen LogP contribution in [0.15, 0.2) is 90.0 Å². The Hall–Kier alpha value is -2.37. The van der Waals surface area contributed by atoms with Crippen molar-refractivity contribution in [1.82, 2.24) is 4.47 Å². The van der Waals surface area contributed by atoms with Crippen LogP contribution in [0.25, 0.3) is 0 Å². The van der Waals surface area contributed by atoms with Crippen LogP contribution in [-0.4, -0.2) is 12.9 Å². The number of allylic oxidation sites excluding steroid dienone is 2. The molecule has 112 valence electrons. The van der Waals surface area contributed by atoms with Crippen molar-refractivity contribution >= 4 is 10.0 Å². The van der Waals surface area contributed by atoms with Gasteiger partial charge in [0.25, 0.3) is 10.0 Å². The van der Waals surface area contributed by atoms with E-state index in [1.165, 1.54) is 6.26 Å². The quantitative estimate of drug-likeness (QED) is 0.872. The normalized spacial score (nSPS) is 18.6. The van der Waals surface area contributed by atoms with E-state index in [-0.39, 0.29) is 4.90 Å². The second kappa shape index (κ2) is 6.17. The third-order valence-electron chi connectivity index (χ3n) is 3.29. The Morgan fingerprint density at radius 1 is 0.864 bits per heavy atom. The number of sulfonamides is 1. The Morgan fingerprint density at radius 3 is 2.18 bits per heavy atom. The smallest absolute Gasteiger partial charge is 0.274 e. The van der Waals surface area contributed by atoms with Gasteiger partial charge in [-0.3, -0.25) is 0 Å². The highest BCUT2D eigenvalue weighted by molar-refractivity contribution is 7.89. The zero-order valence-electron chi connectivity index (χ0n) is 11.7. The molecule has 0 fully saturated rings. The van der Waals surface area contributed by atoms with Gasteiger partial charge in [-0.15, -0.1) is 0 Å². The van der Waals surface area contributed by atoms with Crippen molar-refractivity contribution in [3.8, 4) is 0 Å². The molecule has 0 aliphatic carbocycles. The second-order valence-corrected chi connectivity index (χ2v) is 6.53. The van der Waals surface area contributed by atoms with Gasteiger partial charge in [0.1, 0.15) is 12.3 Å². The Morgan fingerprint density at radius 2 is 1.50 bits per heavy atom. The Bertz CT molecular complexity index is 783. The molecule has 1 unspecified atom stereocenters. The molecule has 22 heavy (non-hydrogen) atoms. The first-order valence-corrected chi connectivity index (χ1v) is 8.28. The summed E-state index contributed by atoms with van der Waals surface area (Å²) in [5, 5.41) is 0. The number of hydrogen-bond donors (Lipinski definition) is 0. The van der Waals surface area contributed by atoms with Crippen LogP contribution in [0.2, 0.25) is 0 Å². The van der Waals surface area contributed by atoms with Crippen LogP contribution >= 0.6 is 0 Å². The third kappa shape index (κ3) is 2.81. The number of hydrogen-bond acceptors (Lipinski definition) is 3. The van der Waals surface area contributed by atoms with E-state index in [9.17, 15) is 8.42 Å². The first kappa shape index (κ1) is 14.6. The second-order valence-electron chi connectivity index (χ2n) is 4.75. The molecule has 0 amide bonds. The van der Waals surface area contributed by atoms with Gasteiger partial charge in [0.2, 0.25) is 0 Å². The minimum Gasteiger partial charge on any atom is -0.398 e. The maximum Gasteiger partial charge on any atom is 0.274 e. The standard InChI is InChI=1S/C17H15NO3S/c19-22(20,16-11-5-2-6-12-16)18-17(13-7-8-14-21-18)15-9-3-1-4-10-15/h1-14,17H. The van der Waals surface area contributed by atoms with E-state index < -0.39 is 16.1 Å². The number of nitrogens with zero attached hydrogens (tertiary/aromatic N) is 1. The highest BCUT2D eigenvalue weighted by atomic mass is 32.2. The molecule has 0 N–H and O–H groups in total. The molecular weight excluding hydrogens is 298 g/mol. The van der Waals surface area contributed by atoms with E-state index in [0.717, 1.165) is 10.0 Å². The average molecular weight is 313 g/mol. The highest BCUT2D eigenvalue weighted by Crippen LogP contribution is 2.30. The number of rotatable bonds is 3. The fourth-order valence-corrected chi connectivity index (χ4v) is 3.59. The van der Waals surface area contributed by atoms with E-state index in [1.54, 1.807) is 48.6 Å². The molecular formula is C17H15NO3S. The SMILES string of the molecule is O=S(=O)(c1ccccc1)N1OC=CC=CC1c1ccccc1. The van der Waals surface area contributed by atoms with Gasteiger partial charge < -0.3 is 4.84 Å². The van der Waals surface area contributed by atoms with Crippen LogP contribution in [0.3, 0.4) is 0 Å². The summed E-state index contributed by atoms with van der Waals surface area (Å²) in [7, 11) is -3.77. The first-order valence-electron chi connectivity index (χ1n) is 6.84. The summed E-state index contributed by atoms with van der Waals surface area (Å²) in [4.78, 5) is 5.59. The molecule has 0 radical (unpaired) electrons. The maximum atomic E-state index is 12.9. The van der Waals surface area contributed by atoms with Crippen LogP contribution in [0.5, 0.6) is 0 Å². The summed E-state index contributed by atoms with van der Waals surface area (Å²) in [5.74, 6) is 0. The van der Waals surface area contributed by atoms with Crippen LogP contribution < -0.4 is 0 Å². The molecule has 3 rings (SSSR count). The number of benzene rings is 2. The molecule has 2 aromatic carbocycles. The average Bonchev–Trinajstić information content (AvgIpc) is 2.83. The summed E-state index contributed by atoms with van der Waals surface area (Å²) in [5.41, 5.74) is 0.835. The summed E-state index contributed by atoms with van der Waals surface area (Å²) in [6.07, 6.45) is 6.59. The van der Waals surface area contributed by atoms with Gasteiger partial charge in [-0.1, -0.05) is 60.7 Å². The molecule has 0 saturated heterocycles. The van der Waals surface area contributed by atoms with Gasteiger partial charge in [-0.2, -0.15) is 0 Å². The van der Waals surface area contributed by atoms with Gasteiger partial charge >= 0.3 is 0 Å². The summed E-state index contributed by atoms with van der Waals surface area (Å²) < 4.78 is 26.7. The molecule has 0 saturated carbocycles. The van der Waals surface area contributed by atoms with Crippen molar-refractivity contribution in [1.29, 1.82) is 0 Å². The van der Waals surface area contributed by atoms with Crippen LogP contribution in [0.4, 0.5) is 0 Å². The van der Waals surface area contributed by atoms with Gasteiger partial charge in [-0.05, 0) is 28.2 Å². The lowest BCUT2D eigenvalue weighted by molar-refractivity contribution is -0.0366. The fourth-order valence-electron chi connectivity index (χ4n) is 2.23. The lowest BCUT2D eigenvalue weighted by Gasteiger charge is -2.26. The Balaban J connectivity index is 2.06. The monoisotopic (exact) mass is 313 g/mol. The van der Waals surface area contributed by atoms with Gasteiger partial charge in [0.05, 0.1) is 4.90 Å². The van der Waals surface area contributed by atoms with E-state index in [4.69, 9.17) is 4.84 Å². The van der Waals surface area contributed by atoms with Crippen molar-refractivity contribution in [2.45, 2.75) is 10.9 Å². The lowest BCUT2D eigenvalue weighted by Crippen LogP contribution is -2.32. The molecule has 1 heterocycles. The van der Waals surface area contributed by atoms with Crippen molar-refractivity contribution in [2.75, 3.05) is 0 Å². The molecule has 4 nitrogen and oxygen atoms in total. The minimum absolute atomic E-state index is 0.194. The molecule has 1 atom stereocenters. The molecule has 1 aliphatic rings. The predicted octanol–water partition coefficient (Wildman–Crippen LogP) is 3.43. The largest absolute Gasteiger partial charge is 0.398 e. The molecule has 1 aliphatic heterocycles. The van der Waals surface area contributed by atoms with Crippen LogP contribution in [0, 0.1) is 0 Å². The molecule has 0 spiro atoms. The lowest BCUT2D eigenvalue weighted by atomic mass is 10.1. The Labute approximate surface area is 130 Å². The fraction of sp³-hybridized carbons (Fsp3) is 0.0588. The van der Waals surface area contributed by atoms with E-state index in [2.05, 4.69) is 0 Å². The molecule has 2 aromatic rings. The molecule has 0 aromatic heterocycles. The summed E-state index contributed by atoms with van der Waals surface area (Å²) >= 11 is 0. The van der Waals surface area contributed by atoms with Gasteiger partial charge in [-0.25, -0.2) is 8.42 Å². The van der Waals surface area contributed by atoms with Crippen molar-refractivity contribution in [3.05, 3.63) is 90.7 Å². The molecule has 5 heteroatoms. The first-order chi connectivity index (χ1) is 10.7. The van der Waals surface area contributed by atoms with Crippen molar-refractivity contribution in [3.63, 3.8) is 0 Å². The topological polar surface area (TPSA) is 46.6 Å². The molecule has 0 bridgehead atoms.